The fourth-order valence-corrected chi connectivity index (χ4v) is 4.36. The molecule has 0 saturated carbocycles. The Balaban J connectivity index is 1.96. The zero-order valence-corrected chi connectivity index (χ0v) is 20.6. The first kappa shape index (κ1) is 26.3. The number of allylic oxidation sites excluding steroid dienone is 1. The summed E-state index contributed by atoms with van der Waals surface area (Å²) in [6.07, 6.45) is 3.28. The van der Waals surface area contributed by atoms with Crippen LogP contribution in [0.3, 0.4) is 0 Å². The van der Waals surface area contributed by atoms with E-state index in [1.54, 1.807) is 37.3 Å². The van der Waals surface area contributed by atoms with Gasteiger partial charge in [0.05, 0.1) is 6.61 Å². The van der Waals surface area contributed by atoms with Crippen LogP contribution in [0.4, 0.5) is 0 Å². The van der Waals surface area contributed by atoms with Crippen molar-refractivity contribution in [1.82, 2.24) is 5.32 Å². The molecule has 3 aromatic carbocycles. The second kappa shape index (κ2) is 12.4. The third-order valence-electron chi connectivity index (χ3n) is 5.02. The molecule has 0 fully saturated rings. The largest absolute Gasteiger partial charge is 0.490 e. The molecule has 1 amide bonds. The van der Waals surface area contributed by atoms with Crippen molar-refractivity contribution in [1.29, 1.82) is 5.26 Å². The predicted molar refractivity (Wildman–Crippen MR) is 138 cm³/mol. The normalized spacial score (nSPS) is 11.3. The summed E-state index contributed by atoms with van der Waals surface area (Å²) in [4.78, 5) is 12.6. The van der Waals surface area contributed by atoms with Crippen LogP contribution in [0.1, 0.15) is 23.6 Å². The molecule has 3 aromatic rings. The molecule has 184 valence electrons. The lowest BCUT2D eigenvalue weighted by Crippen LogP contribution is -2.23. The number of rotatable bonds is 11. The van der Waals surface area contributed by atoms with E-state index in [4.69, 9.17) is 8.92 Å². The van der Waals surface area contributed by atoms with E-state index in [9.17, 15) is 18.5 Å². The van der Waals surface area contributed by atoms with Crippen molar-refractivity contribution < 1.29 is 22.1 Å². The van der Waals surface area contributed by atoms with E-state index in [2.05, 4.69) is 11.9 Å². The first-order chi connectivity index (χ1) is 17.4. The molecule has 0 aliphatic rings. The van der Waals surface area contributed by atoms with Crippen LogP contribution in [-0.4, -0.2) is 20.9 Å². The molecular weight excluding hydrogens is 476 g/mol. The summed E-state index contributed by atoms with van der Waals surface area (Å²) in [5.41, 5.74) is 1.74. The van der Waals surface area contributed by atoms with Crippen LogP contribution in [0.5, 0.6) is 11.5 Å². The molecule has 3 rings (SSSR count). The summed E-state index contributed by atoms with van der Waals surface area (Å²) >= 11 is 0. The Bertz CT molecular complexity index is 1390. The number of carbonyl (C=O) groups excluding carboxylic acids is 1. The molecule has 7 nitrogen and oxygen atoms in total. The first-order valence-electron chi connectivity index (χ1n) is 11.2. The number of benzene rings is 3. The van der Waals surface area contributed by atoms with Gasteiger partial charge in [-0.2, -0.15) is 13.7 Å². The zero-order valence-electron chi connectivity index (χ0n) is 19.8. The van der Waals surface area contributed by atoms with Gasteiger partial charge in [-0.05, 0) is 54.8 Å². The van der Waals surface area contributed by atoms with E-state index in [-0.39, 0.29) is 41.5 Å². The molecule has 8 heteroatoms. The molecular formula is C28H26N2O5S. The van der Waals surface area contributed by atoms with Crippen LogP contribution >= 0.6 is 0 Å². The highest BCUT2D eigenvalue weighted by Crippen LogP contribution is 2.36. The van der Waals surface area contributed by atoms with Gasteiger partial charge in [-0.25, -0.2) is 0 Å². The lowest BCUT2D eigenvalue weighted by Gasteiger charge is -2.16. The number of hydrogen-bond acceptors (Lipinski definition) is 6. The summed E-state index contributed by atoms with van der Waals surface area (Å²) in [7, 11) is -4.13. The third-order valence-corrected chi connectivity index (χ3v) is 6.25. The number of nitriles is 1. The Morgan fingerprint density at radius 2 is 1.75 bits per heavy atom. The number of amides is 1. The number of carbonyl (C=O) groups is 1. The van der Waals surface area contributed by atoms with Crippen molar-refractivity contribution in [2.24, 2.45) is 0 Å². The van der Waals surface area contributed by atoms with Crippen molar-refractivity contribution in [3.05, 3.63) is 108 Å². The van der Waals surface area contributed by atoms with Gasteiger partial charge in [-0.3, -0.25) is 4.79 Å². The van der Waals surface area contributed by atoms with Crippen LogP contribution < -0.4 is 14.2 Å². The van der Waals surface area contributed by atoms with Crippen molar-refractivity contribution in [3.8, 4) is 17.6 Å². The first-order valence-corrected chi connectivity index (χ1v) is 12.6. The summed E-state index contributed by atoms with van der Waals surface area (Å²) < 4.78 is 37.0. The van der Waals surface area contributed by atoms with Gasteiger partial charge in [0.25, 0.3) is 5.91 Å². The molecule has 36 heavy (non-hydrogen) atoms. The molecule has 0 bridgehead atoms. The topological polar surface area (TPSA) is 105 Å². The van der Waals surface area contributed by atoms with Gasteiger partial charge < -0.3 is 14.2 Å². The van der Waals surface area contributed by atoms with Crippen molar-refractivity contribution in [3.63, 3.8) is 0 Å². The average Bonchev–Trinajstić information content (AvgIpc) is 2.89. The van der Waals surface area contributed by atoms with Gasteiger partial charge in [-0.1, -0.05) is 54.6 Å². The molecule has 0 atom stereocenters. The Hall–Kier alpha value is -4.35. The van der Waals surface area contributed by atoms with E-state index in [0.29, 0.717) is 11.1 Å². The highest BCUT2D eigenvalue weighted by molar-refractivity contribution is 7.87. The number of nitrogens with one attached hydrogen (secondary N) is 1. The second-order valence-corrected chi connectivity index (χ2v) is 9.17. The van der Waals surface area contributed by atoms with Gasteiger partial charge in [0.2, 0.25) is 0 Å². The van der Waals surface area contributed by atoms with Gasteiger partial charge in [-0.15, -0.1) is 6.58 Å². The van der Waals surface area contributed by atoms with Gasteiger partial charge in [0, 0.05) is 12.1 Å². The fourth-order valence-electron chi connectivity index (χ4n) is 3.36. The molecule has 0 spiro atoms. The summed E-state index contributed by atoms with van der Waals surface area (Å²) in [6, 6.07) is 22.2. The average molecular weight is 503 g/mol. The number of hydrogen-bond donors (Lipinski definition) is 1. The van der Waals surface area contributed by atoms with Gasteiger partial charge in [0.15, 0.2) is 11.5 Å². The molecule has 0 aliphatic carbocycles. The smallest absolute Gasteiger partial charge is 0.339 e. The van der Waals surface area contributed by atoms with E-state index in [1.807, 2.05) is 36.4 Å². The zero-order chi connectivity index (χ0) is 26.0. The fraction of sp³-hybridized carbons (Fsp3) is 0.143. The summed E-state index contributed by atoms with van der Waals surface area (Å²) in [5, 5.41) is 12.3. The maximum atomic E-state index is 12.9. The van der Waals surface area contributed by atoms with Crippen LogP contribution in [-0.2, 0) is 27.9 Å². The standard InChI is InChI=1S/C28H26N2O5S/c1-3-11-23-16-22(17-24(19-29)28(31)30-20-21-12-7-5-8-13-21)18-26(34-4-2)27(23)35-36(32,33)25-14-9-6-10-15-25/h3,5-10,12-18H,1,4,11,20H2,2H3,(H,30,31)/b24-17+. The Kier molecular flexibility index (Phi) is 9.03. The van der Waals surface area contributed by atoms with Crippen molar-refractivity contribution in [2.45, 2.75) is 24.8 Å². The van der Waals surface area contributed by atoms with Crippen LogP contribution in [0.25, 0.3) is 6.08 Å². The minimum absolute atomic E-state index is 0.00262. The quantitative estimate of drug-likeness (QED) is 0.175. The minimum Gasteiger partial charge on any atom is -0.490 e. The Morgan fingerprint density at radius 3 is 2.36 bits per heavy atom. The lowest BCUT2D eigenvalue weighted by atomic mass is 10.0. The highest BCUT2D eigenvalue weighted by atomic mass is 32.2. The van der Waals surface area contributed by atoms with Gasteiger partial charge >= 0.3 is 10.1 Å². The molecule has 1 N–H and O–H groups in total. The monoisotopic (exact) mass is 502 g/mol. The SMILES string of the molecule is C=CCc1cc(/C=C(\C#N)C(=O)NCc2ccccc2)cc(OCC)c1OS(=O)(=O)c1ccccc1. The van der Waals surface area contributed by atoms with E-state index >= 15 is 0 Å². The molecule has 0 saturated heterocycles. The van der Waals surface area contributed by atoms with Crippen LogP contribution in [0.2, 0.25) is 0 Å². The number of ether oxygens (including phenoxy) is 1. The number of nitrogens with zero attached hydrogens (tertiary/aromatic N) is 1. The molecule has 0 aromatic heterocycles. The minimum atomic E-state index is -4.13. The van der Waals surface area contributed by atoms with Crippen LogP contribution in [0.15, 0.2) is 95.9 Å². The Morgan fingerprint density at radius 1 is 1.08 bits per heavy atom. The maximum absolute atomic E-state index is 12.9. The van der Waals surface area contributed by atoms with E-state index in [1.165, 1.54) is 24.3 Å². The molecule has 0 unspecified atom stereocenters. The third kappa shape index (κ3) is 6.84. The highest BCUT2D eigenvalue weighted by Gasteiger charge is 2.22. The predicted octanol–water partition coefficient (Wildman–Crippen LogP) is 4.80. The molecule has 0 radical (unpaired) electrons. The molecule has 0 heterocycles. The van der Waals surface area contributed by atoms with E-state index in [0.717, 1.165) is 5.56 Å². The lowest BCUT2D eigenvalue weighted by molar-refractivity contribution is -0.117. The van der Waals surface area contributed by atoms with Crippen molar-refractivity contribution in [2.75, 3.05) is 6.61 Å². The van der Waals surface area contributed by atoms with Crippen LogP contribution in [0, 0.1) is 11.3 Å². The van der Waals surface area contributed by atoms with Crippen molar-refractivity contribution >= 4 is 22.1 Å². The summed E-state index contributed by atoms with van der Waals surface area (Å²) in [5.74, 6) is -0.328. The van der Waals surface area contributed by atoms with Gasteiger partial charge in [0.1, 0.15) is 16.5 Å². The summed E-state index contributed by atoms with van der Waals surface area (Å²) in [6.45, 7) is 6.00. The van der Waals surface area contributed by atoms with E-state index < -0.39 is 16.0 Å². The molecule has 0 aliphatic heterocycles. The maximum Gasteiger partial charge on any atom is 0.339 e. The Labute approximate surface area is 211 Å². The second-order valence-electron chi connectivity index (χ2n) is 7.62.